The molecule has 0 saturated heterocycles. The Kier molecular flexibility index (Phi) is 4.06. The van der Waals surface area contributed by atoms with Crippen LogP contribution < -0.4 is 16.2 Å². The molecule has 0 aliphatic rings. The Bertz CT molecular complexity index is 583. The van der Waals surface area contributed by atoms with Crippen LogP contribution in [0.1, 0.15) is 18.5 Å². The van der Waals surface area contributed by atoms with E-state index >= 15 is 0 Å². The predicted molar refractivity (Wildman–Crippen MR) is 74.3 cm³/mol. The lowest BCUT2D eigenvalue weighted by atomic mass is 10.1. The van der Waals surface area contributed by atoms with E-state index in [9.17, 15) is 4.79 Å². The van der Waals surface area contributed by atoms with Crippen LogP contribution in [0.4, 0.5) is 0 Å². The highest BCUT2D eigenvalue weighted by atomic mass is 16.5. The molecule has 0 spiro atoms. The van der Waals surface area contributed by atoms with Crippen molar-refractivity contribution in [1.29, 1.82) is 0 Å². The molecule has 5 heteroatoms. The second-order valence-corrected chi connectivity index (χ2v) is 4.40. The summed E-state index contributed by atoms with van der Waals surface area (Å²) in [6, 6.07) is 7.37. The van der Waals surface area contributed by atoms with Crippen LogP contribution in [0.25, 0.3) is 0 Å². The summed E-state index contributed by atoms with van der Waals surface area (Å²) >= 11 is 0. The molecule has 2 aromatic rings. The number of ether oxygens (including phenoxy) is 1. The van der Waals surface area contributed by atoms with Gasteiger partial charge in [-0.2, -0.15) is 0 Å². The van der Waals surface area contributed by atoms with E-state index in [0.29, 0.717) is 13.1 Å². The molecule has 0 aliphatic heterocycles. The maximum absolute atomic E-state index is 11.9. The molecule has 5 nitrogen and oxygen atoms in total. The van der Waals surface area contributed by atoms with Gasteiger partial charge in [0.25, 0.3) is 0 Å². The average molecular weight is 261 g/mol. The highest BCUT2D eigenvalue weighted by molar-refractivity contribution is 5.28. The molecule has 0 amide bonds. The van der Waals surface area contributed by atoms with Gasteiger partial charge < -0.3 is 10.5 Å². The summed E-state index contributed by atoms with van der Waals surface area (Å²) in [5.41, 5.74) is 7.09. The minimum Gasteiger partial charge on any atom is -0.497 e. The van der Waals surface area contributed by atoms with Gasteiger partial charge in [-0.3, -0.25) is 9.13 Å². The van der Waals surface area contributed by atoms with Crippen LogP contribution in [0.5, 0.6) is 5.75 Å². The summed E-state index contributed by atoms with van der Waals surface area (Å²) in [4.78, 5) is 11.9. The third kappa shape index (κ3) is 2.88. The molecule has 2 N–H and O–H groups in total. The van der Waals surface area contributed by atoms with Gasteiger partial charge in [0.05, 0.1) is 7.11 Å². The Balaban J connectivity index is 2.13. The molecule has 0 saturated carbocycles. The summed E-state index contributed by atoms with van der Waals surface area (Å²) in [7, 11) is 1.63. The van der Waals surface area contributed by atoms with Gasteiger partial charge in [-0.25, -0.2) is 4.79 Å². The molecule has 1 aromatic heterocycles. The number of nitrogens with two attached hydrogens (primary N) is 1. The maximum atomic E-state index is 11.9. The molecule has 0 bridgehead atoms. The fourth-order valence-electron chi connectivity index (χ4n) is 2.00. The number of benzene rings is 1. The van der Waals surface area contributed by atoms with Crippen molar-refractivity contribution < 1.29 is 4.74 Å². The van der Waals surface area contributed by atoms with E-state index in [0.717, 1.165) is 11.3 Å². The number of aromatic nitrogens is 2. The normalized spacial score (nSPS) is 12.4. The summed E-state index contributed by atoms with van der Waals surface area (Å²) in [5.74, 6) is 0.797. The molecule has 1 heterocycles. The molecule has 2 rings (SSSR count). The van der Waals surface area contributed by atoms with Crippen molar-refractivity contribution in [3.05, 3.63) is 52.7 Å². The van der Waals surface area contributed by atoms with Gasteiger partial charge in [0, 0.05) is 31.5 Å². The first kappa shape index (κ1) is 13.4. The maximum Gasteiger partial charge on any atom is 0.328 e. The van der Waals surface area contributed by atoms with E-state index in [1.807, 2.05) is 31.2 Å². The molecule has 0 aliphatic carbocycles. The van der Waals surface area contributed by atoms with E-state index in [4.69, 9.17) is 10.5 Å². The smallest absolute Gasteiger partial charge is 0.328 e. The van der Waals surface area contributed by atoms with E-state index in [-0.39, 0.29) is 11.7 Å². The van der Waals surface area contributed by atoms with E-state index in [1.54, 1.807) is 28.6 Å². The zero-order valence-corrected chi connectivity index (χ0v) is 11.2. The van der Waals surface area contributed by atoms with E-state index < -0.39 is 0 Å². The molecular formula is C14H19N3O2. The number of methoxy groups -OCH3 is 1. The van der Waals surface area contributed by atoms with Gasteiger partial charge in [0.2, 0.25) is 0 Å². The molecule has 0 fully saturated rings. The fourth-order valence-corrected chi connectivity index (χ4v) is 2.00. The van der Waals surface area contributed by atoms with Crippen LogP contribution in [0.3, 0.4) is 0 Å². The Morgan fingerprint density at radius 3 is 2.37 bits per heavy atom. The molecule has 1 unspecified atom stereocenters. The van der Waals surface area contributed by atoms with E-state index in [1.165, 1.54) is 0 Å². The molecular weight excluding hydrogens is 242 g/mol. The van der Waals surface area contributed by atoms with Crippen LogP contribution >= 0.6 is 0 Å². The summed E-state index contributed by atoms with van der Waals surface area (Å²) in [5, 5.41) is 0. The van der Waals surface area contributed by atoms with Crippen molar-refractivity contribution in [2.75, 3.05) is 7.11 Å². The first-order valence-electron chi connectivity index (χ1n) is 6.30. The van der Waals surface area contributed by atoms with Crippen LogP contribution in [0.2, 0.25) is 0 Å². The first-order valence-corrected chi connectivity index (χ1v) is 6.30. The third-order valence-corrected chi connectivity index (χ3v) is 3.20. The van der Waals surface area contributed by atoms with Crippen molar-refractivity contribution in [2.45, 2.75) is 26.1 Å². The SMILES string of the molecule is CCn1ccn(CC(N)c2ccc(OC)cc2)c1=O. The zero-order valence-electron chi connectivity index (χ0n) is 11.2. The highest BCUT2D eigenvalue weighted by Gasteiger charge is 2.09. The van der Waals surface area contributed by atoms with Crippen LogP contribution in [-0.4, -0.2) is 16.2 Å². The van der Waals surface area contributed by atoms with Crippen molar-refractivity contribution in [2.24, 2.45) is 5.73 Å². The van der Waals surface area contributed by atoms with Crippen molar-refractivity contribution in [3.8, 4) is 5.75 Å². The Morgan fingerprint density at radius 2 is 1.84 bits per heavy atom. The van der Waals surface area contributed by atoms with Gasteiger partial charge in [-0.15, -0.1) is 0 Å². The number of hydrogen-bond donors (Lipinski definition) is 1. The van der Waals surface area contributed by atoms with Crippen molar-refractivity contribution in [3.63, 3.8) is 0 Å². The molecule has 1 aromatic carbocycles. The lowest BCUT2D eigenvalue weighted by Gasteiger charge is -2.12. The third-order valence-electron chi connectivity index (χ3n) is 3.20. The largest absolute Gasteiger partial charge is 0.497 e. The number of imidazole rings is 1. The van der Waals surface area contributed by atoms with Crippen molar-refractivity contribution in [1.82, 2.24) is 9.13 Å². The number of hydrogen-bond acceptors (Lipinski definition) is 3. The molecule has 1 atom stereocenters. The minimum atomic E-state index is -0.212. The first-order chi connectivity index (χ1) is 9.15. The van der Waals surface area contributed by atoms with Crippen LogP contribution in [0.15, 0.2) is 41.5 Å². The highest BCUT2D eigenvalue weighted by Crippen LogP contribution is 2.16. The minimum absolute atomic E-state index is 0.0218. The molecule has 0 radical (unpaired) electrons. The van der Waals surface area contributed by atoms with E-state index in [2.05, 4.69) is 0 Å². The van der Waals surface area contributed by atoms with Crippen LogP contribution in [-0.2, 0) is 13.1 Å². The lowest BCUT2D eigenvalue weighted by molar-refractivity contribution is 0.414. The zero-order chi connectivity index (χ0) is 13.8. The van der Waals surface area contributed by atoms with Crippen LogP contribution in [0, 0.1) is 0 Å². The van der Waals surface area contributed by atoms with Gasteiger partial charge in [0.15, 0.2) is 0 Å². The summed E-state index contributed by atoms with van der Waals surface area (Å²) in [6.07, 6.45) is 3.55. The lowest BCUT2D eigenvalue weighted by Crippen LogP contribution is -2.28. The molecule has 102 valence electrons. The quantitative estimate of drug-likeness (QED) is 0.884. The van der Waals surface area contributed by atoms with Gasteiger partial charge in [0.1, 0.15) is 5.75 Å². The number of aryl methyl sites for hydroxylation is 1. The van der Waals surface area contributed by atoms with Gasteiger partial charge >= 0.3 is 5.69 Å². The Morgan fingerprint density at radius 1 is 1.21 bits per heavy atom. The monoisotopic (exact) mass is 261 g/mol. The van der Waals surface area contributed by atoms with Gasteiger partial charge in [-0.1, -0.05) is 12.1 Å². The van der Waals surface area contributed by atoms with Crippen molar-refractivity contribution >= 4 is 0 Å². The number of nitrogens with zero attached hydrogens (tertiary/aromatic N) is 2. The topological polar surface area (TPSA) is 62.2 Å². The number of rotatable bonds is 5. The second kappa shape index (κ2) is 5.75. The molecule has 19 heavy (non-hydrogen) atoms. The second-order valence-electron chi connectivity index (χ2n) is 4.40. The fraction of sp³-hybridized carbons (Fsp3) is 0.357. The summed E-state index contributed by atoms with van der Waals surface area (Å²) in [6.45, 7) is 3.08. The predicted octanol–water partition coefficient (Wildman–Crippen LogP) is 1.38. The average Bonchev–Trinajstić information content (AvgIpc) is 2.79. The Hall–Kier alpha value is -2.01. The van der Waals surface area contributed by atoms with Gasteiger partial charge in [-0.05, 0) is 24.6 Å². The Labute approximate surface area is 112 Å². The summed E-state index contributed by atoms with van der Waals surface area (Å²) < 4.78 is 8.40. The standard InChI is InChI=1S/C14H19N3O2/c1-3-16-8-9-17(14(16)18)10-13(15)11-4-6-12(19-2)7-5-11/h4-9,13H,3,10,15H2,1-2H3.